The second-order valence-electron chi connectivity index (χ2n) is 5.78. The first kappa shape index (κ1) is 18.8. The Kier molecular flexibility index (Phi) is 6.03. The summed E-state index contributed by atoms with van der Waals surface area (Å²) in [5.74, 6) is -0.685. The van der Waals surface area contributed by atoms with E-state index in [2.05, 4.69) is 9.97 Å². The molecule has 6 nitrogen and oxygen atoms in total. The molecule has 0 aliphatic heterocycles. The number of thioether (sulfide) groups is 1. The number of imidazole rings is 1. The fourth-order valence-corrected chi connectivity index (χ4v) is 3.27. The van der Waals surface area contributed by atoms with Crippen molar-refractivity contribution >= 4 is 40.3 Å². The lowest BCUT2D eigenvalue weighted by Crippen LogP contribution is -2.12. The van der Waals surface area contributed by atoms with E-state index < -0.39 is 5.97 Å². The highest BCUT2D eigenvalue weighted by Crippen LogP contribution is 2.22. The molecule has 2 aromatic carbocycles. The van der Waals surface area contributed by atoms with Gasteiger partial charge in [0.15, 0.2) is 16.7 Å². The topological polar surface area (TPSA) is 89.1 Å². The number of hydrogen-bond donors (Lipinski definition) is 1. The molecule has 0 radical (unpaired) electrons. The van der Waals surface area contributed by atoms with Gasteiger partial charge in [-0.15, -0.1) is 0 Å². The number of ketones is 2. The first-order valence-corrected chi connectivity index (χ1v) is 9.45. The molecule has 1 aromatic heterocycles. The number of hydrogen-bond acceptors (Lipinski definition) is 6. The Morgan fingerprint density at radius 1 is 1.07 bits per heavy atom. The molecule has 3 rings (SSSR count). The number of aromatic nitrogens is 2. The van der Waals surface area contributed by atoms with Gasteiger partial charge < -0.3 is 9.72 Å². The van der Waals surface area contributed by atoms with E-state index in [0.29, 0.717) is 21.8 Å². The Labute approximate surface area is 160 Å². The van der Waals surface area contributed by atoms with Gasteiger partial charge in [0, 0.05) is 11.1 Å². The zero-order valence-electron chi connectivity index (χ0n) is 14.7. The van der Waals surface area contributed by atoms with Crippen LogP contribution in [0.15, 0.2) is 53.7 Å². The summed E-state index contributed by atoms with van der Waals surface area (Å²) < 4.78 is 4.76. The lowest BCUT2D eigenvalue weighted by molar-refractivity contribution is -0.145. The van der Waals surface area contributed by atoms with Crippen LogP contribution in [0.25, 0.3) is 11.0 Å². The van der Waals surface area contributed by atoms with E-state index in [1.54, 1.807) is 37.3 Å². The summed E-state index contributed by atoms with van der Waals surface area (Å²) in [6, 6.07) is 14.3. The number of H-pyrrole nitrogens is 1. The van der Waals surface area contributed by atoms with Gasteiger partial charge in [-0.25, -0.2) is 4.98 Å². The molecule has 1 N–H and O–H groups in total. The molecule has 27 heavy (non-hydrogen) atoms. The van der Waals surface area contributed by atoms with E-state index in [1.165, 1.54) is 11.8 Å². The molecule has 0 aliphatic rings. The highest BCUT2D eigenvalue weighted by molar-refractivity contribution is 7.99. The van der Waals surface area contributed by atoms with Crippen molar-refractivity contribution < 1.29 is 19.1 Å². The molecule has 1 heterocycles. The second kappa shape index (κ2) is 8.64. The number of aromatic amines is 1. The monoisotopic (exact) mass is 382 g/mol. The molecular formula is C20H18N2O4S. The minimum absolute atomic E-state index is 0.0640. The van der Waals surface area contributed by atoms with Crippen molar-refractivity contribution in [1.82, 2.24) is 9.97 Å². The molecule has 0 aliphatic carbocycles. The first-order valence-electron chi connectivity index (χ1n) is 8.46. The number of rotatable bonds is 8. The summed E-state index contributed by atoms with van der Waals surface area (Å²) in [5, 5.41) is 0.562. The molecule has 138 valence electrons. The number of carbonyl (C=O) groups is 3. The Hall–Kier alpha value is -2.93. The number of fused-ring (bicyclic) bond motifs is 1. The molecule has 0 spiro atoms. The van der Waals surface area contributed by atoms with Crippen LogP contribution in [-0.2, 0) is 14.3 Å². The number of Topliss-reactive ketones (excluding diaryl/α,β-unsaturated/α-hetero) is 1. The van der Waals surface area contributed by atoms with Gasteiger partial charge in [-0.05, 0) is 25.1 Å². The molecule has 0 saturated carbocycles. The van der Waals surface area contributed by atoms with Crippen LogP contribution >= 0.6 is 11.8 Å². The van der Waals surface area contributed by atoms with Crippen LogP contribution in [0.4, 0.5) is 0 Å². The quantitative estimate of drug-likeness (QED) is 0.278. The zero-order chi connectivity index (χ0) is 19.2. The summed E-state index contributed by atoms with van der Waals surface area (Å²) in [4.78, 5) is 43.2. The lowest BCUT2D eigenvalue weighted by Gasteiger charge is -2.00. The molecule has 7 heteroatoms. The Balaban J connectivity index is 1.68. The van der Waals surface area contributed by atoms with Crippen LogP contribution in [0.1, 0.15) is 29.3 Å². The predicted molar refractivity (Wildman–Crippen MR) is 103 cm³/mol. The number of nitrogens with zero attached hydrogens (tertiary/aromatic N) is 1. The maximum Gasteiger partial charge on any atom is 0.313 e. The molecule has 0 bridgehead atoms. The summed E-state index contributed by atoms with van der Waals surface area (Å²) in [6.07, 6.45) is -0.239. The van der Waals surface area contributed by atoms with Gasteiger partial charge in [-0.3, -0.25) is 14.4 Å². The van der Waals surface area contributed by atoms with Crippen molar-refractivity contribution in [2.45, 2.75) is 18.5 Å². The molecule has 0 atom stereocenters. The third-order valence-electron chi connectivity index (χ3n) is 3.78. The van der Waals surface area contributed by atoms with E-state index >= 15 is 0 Å². The van der Waals surface area contributed by atoms with E-state index in [-0.39, 0.29) is 30.3 Å². The number of esters is 1. The van der Waals surface area contributed by atoms with Crippen LogP contribution in [0.5, 0.6) is 0 Å². The zero-order valence-corrected chi connectivity index (χ0v) is 15.5. The smallest absolute Gasteiger partial charge is 0.313 e. The van der Waals surface area contributed by atoms with Crippen molar-refractivity contribution in [3.8, 4) is 0 Å². The second-order valence-corrected chi connectivity index (χ2v) is 6.74. The van der Waals surface area contributed by atoms with Gasteiger partial charge in [0.2, 0.25) is 0 Å². The van der Waals surface area contributed by atoms with Crippen LogP contribution in [0.3, 0.4) is 0 Å². The summed E-state index contributed by atoms with van der Waals surface area (Å²) in [5.41, 5.74) is 2.61. The number of carbonyl (C=O) groups excluding carboxylic acids is 3. The van der Waals surface area contributed by atoms with Gasteiger partial charge in [0.05, 0.1) is 23.4 Å². The minimum Gasteiger partial charge on any atom is -0.466 e. The first-order chi connectivity index (χ1) is 13.1. The average molecular weight is 382 g/mol. The Morgan fingerprint density at radius 3 is 2.59 bits per heavy atom. The maximum absolute atomic E-state index is 12.5. The van der Waals surface area contributed by atoms with Gasteiger partial charge in [0.1, 0.15) is 6.42 Å². The fourth-order valence-electron chi connectivity index (χ4n) is 2.52. The standard InChI is InChI=1S/C20H18N2O4S/c1-2-26-18(24)11-15(23)12-27-20-21-16-9-8-14(10-17(16)22-20)19(25)13-6-4-3-5-7-13/h3-10H,2,11-12H2,1H3,(H,21,22). The maximum atomic E-state index is 12.5. The number of benzene rings is 2. The number of nitrogens with one attached hydrogen (secondary N) is 1. The fraction of sp³-hybridized carbons (Fsp3) is 0.200. The highest BCUT2D eigenvalue weighted by atomic mass is 32.2. The molecule has 0 unspecified atom stereocenters. The van der Waals surface area contributed by atoms with Gasteiger partial charge >= 0.3 is 5.97 Å². The van der Waals surface area contributed by atoms with Crippen molar-refractivity contribution in [3.05, 3.63) is 59.7 Å². The Bertz CT molecular complexity index is 982. The summed E-state index contributed by atoms with van der Waals surface area (Å²) >= 11 is 1.22. The predicted octanol–water partition coefficient (Wildman–Crippen LogP) is 3.41. The highest BCUT2D eigenvalue weighted by Gasteiger charge is 2.14. The van der Waals surface area contributed by atoms with E-state index in [1.807, 2.05) is 18.2 Å². The van der Waals surface area contributed by atoms with Crippen molar-refractivity contribution in [1.29, 1.82) is 0 Å². The van der Waals surface area contributed by atoms with E-state index in [9.17, 15) is 14.4 Å². The van der Waals surface area contributed by atoms with E-state index in [4.69, 9.17) is 4.74 Å². The molecule has 0 saturated heterocycles. The van der Waals surface area contributed by atoms with Crippen LogP contribution in [0.2, 0.25) is 0 Å². The van der Waals surface area contributed by atoms with Gasteiger partial charge in [-0.2, -0.15) is 0 Å². The minimum atomic E-state index is -0.517. The van der Waals surface area contributed by atoms with Crippen LogP contribution in [-0.4, -0.2) is 39.9 Å². The molecule has 0 amide bonds. The summed E-state index contributed by atoms with van der Waals surface area (Å²) in [6.45, 7) is 1.95. The van der Waals surface area contributed by atoms with Gasteiger partial charge in [-0.1, -0.05) is 42.1 Å². The van der Waals surface area contributed by atoms with E-state index in [0.717, 1.165) is 5.52 Å². The Morgan fingerprint density at radius 2 is 1.85 bits per heavy atom. The largest absolute Gasteiger partial charge is 0.466 e. The third-order valence-corrected chi connectivity index (χ3v) is 4.71. The average Bonchev–Trinajstić information content (AvgIpc) is 3.08. The SMILES string of the molecule is CCOC(=O)CC(=O)CSc1nc2ccc(C(=O)c3ccccc3)cc2[nH]1. The molecular weight excluding hydrogens is 364 g/mol. The normalized spacial score (nSPS) is 10.7. The third kappa shape index (κ3) is 4.83. The van der Waals surface area contributed by atoms with Crippen molar-refractivity contribution in [2.75, 3.05) is 12.4 Å². The summed E-state index contributed by atoms with van der Waals surface area (Å²) in [7, 11) is 0. The lowest BCUT2D eigenvalue weighted by atomic mass is 10.0. The van der Waals surface area contributed by atoms with Crippen LogP contribution < -0.4 is 0 Å². The van der Waals surface area contributed by atoms with Crippen molar-refractivity contribution in [2.24, 2.45) is 0 Å². The number of ether oxygens (including phenoxy) is 1. The van der Waals surface area contributed by atoms with Crippen molar-refractivity contribution in [3.63, 3.8) is 0 Å². The molecule has 3 aromatic rings. The molecule has 0 fully saturated rings. The van der Waals surface area contributed by atoms with Crippen LogP contribution in [0, 0.1) is 0 Å². The van der Waals surface area contributed by atoms with Gasteiger partial charge in [0.25, 0.3) is 0 Å².